The Morgan fingerprint density at radius 2 is 2.16 bits per heavy atom. The average Bonchev–Trinajstić information content (AvgIpc) is 2.93. The number of hydrogen-bond acceptors (Lipinski definition) is 5. The monoisotopic (exact) mass is 276 g/mol. The van der Waals surface area contributed by atoms with E-state index in [1.165, 1.54) is 4.88 Å². The normalized spacial score (nSPS) is 10.6. The van der Waals surface area contributed by atoms with Gasteiger partial charge in [-0.2, -0.15) is 5.10 Å². The average molecular weight is 276 g/mol. The molecule has 0 radical (unpaired) electrons. The van der Waals surface area contributed by atoms with Gasteiger partial charge in [0.05, 0.1) is 12.2 Å². The van der Waals surface area contributed by atoms with E-state index in [0.29, 0.717) is 0 Å². The molecule has 1 N–H and O–H groups in total. The van der Waals surface area contributed by atoms with Crippen LogP contribution in [0.5, 0.6) is 0 Å². The van der Waals surface area contributed by atoms with Gasteiger partial charge in [-0.25, -0.2) is 0 Å². The third-order valence-electron chi connectivity index (χ3n) is 2.80. The Morgan fingerprint density at radius 3 is 2.79 bits per heavy atom. The van der Waals surface area contributed by atoms with Crippen LogP contribution >= 0.6 is 11.3 Å². The highest BCUT2D eigenvalue weighted by atomic mass is 32.1. The maximum absolute atomic E-state index is 4.28. The lowest BCUT2D eigenvalue weighted by atomic mass is 10.3. The molecule has 0 aliphatic heterocycles. The number of rotatable bonds is 7. The van der Waals surface area contributed by atoms with Gasteiger partial charge in [0.1, 0.15) is 0 Å². The zero-order chi connectivity index (χ0) is 13.5. The fraction of sp³-hybridized carbons (Fsp3) is 0.429. The summed E-state index contributed by atoms with van der Waals surface area (Å²) >= 11 is 1.76. The topological polar surface area (TPSA) is 41.0 Å². The van der Waals surface area contributed by atoms with E-state index in [0.717, 1.165) is 37.6 Å². The molecule has 102 valence electrons. The molecule has 2 aromatic rings. The molecule has 2 rings (SSSR count). The Labute approximate surface area is 118 Å². The van der Waals surface area contributed by atoms with Crippen LogP contribution in [0, 0.1) is 0 Å². The number of thiophene rings is 1. The summed E-state index contributed by atoms with van der Waals surface area (Å²) in [7, 11) is 2.04. The molecule has 0 fully saturated rings. The maximum Gasteiger partial charge on any atom is 0.151 e. The van der Waals surface area contributed by atoms with Gasteiger partial charge >= 0.3 is 0 Å². The molecule has 0 aliphatic carbocycles. The number of hydrogen-bond donors (Lipinski definition) is 1. The van der Waals surface area contributed by atoms with E-state index in [2.05, 4.69) is 44.9 Å². The molecule has 0 amide bonds. The zero-order valence-electron chi connectivity index (χ0n) is 11.5. The molecule has 0 spiro atoms. The van der Waals surface area contributed by atoms with Crippen LogP contribution in [0.4, 0.5) is 5.82 Å². The molecule has 4 nitrogen and oxygen atoms in total. The van der Waals surface area contributed by atoms with Crippen LogP contribution in [0.2, 0.25) is 0 Å². The Kier molecular flexibility index (Phi) is 5.30. The van der Waals surface area contributed by atoms with Gasteiger partial charge in [-0.15, -0.1) is 16.4 Å². The third-order valence-corrected chi connectivity index (χ3v) is 3.66. The van der Waals surface area contributed by atoms with Crippen molar-refractivity contribution in [2.75, 3.05) is 18.5 Å². The van der Waals surface area contributed by atoms with Gasteiger partial charge in [0.15, 0.2) is 5.82 Å². The number of nitrogens with one attached hydrogen (secondary N) is 1. The molecule has 0 saturated carbocycles. The summed E-state index contributed by atoms with van der Waals surface area (Å²) in [5, 5.41) is 13.9. The van der Waals surface area contributed by atoms with Gasteiger partial charge in [-0.1, -0.05) is 13.0 Å². The van der Waals surface area contributed by atoms with Crippen LogP contribution in [0.25, 0.3) is 0 Å². The smallest absolute Gasteiger partial charge is 0.151 e. The number of nitrogens with zero attached hydrogens (tertiary/aromatic N) is 3. The Bertz CT molecular complexity index is 467. The summed E-state index contributed by atoms with van der Waals surface area (Å²) in [6, 6.07) is 8.28. The molecule has 19 heavy (non-hydrogen) atoms. The predicted molar refractivity (Wildman–Crippen MR) is 80.5 cm³/mol. The summed E-state index contributed by atoms with van der Waals surface area (Å²) in [5.41, 5.74) is 0.988. The molecular formula is C14H20N4S. The maximum atomic E-state index is 4.28. The molecule has 2 aromatic heterocycles. The lowest BCUT2D eigenvalue weighted by Crippen LogP contribution is -2.19. The van der Waals surface area contributed by atoms with Gasteiger partial charge in [0.25, 0.3) is 0 Å². The van der Waals surface area contributed by atoms with E-state index in [1.807, 2.05) is 19.2 Å². The standard InChI is InChI=1S/C14H20N4S/c1-3-8-15-10-12-6-7-14(17-16-12)18(2)11-13-5-4-9-19-13/h4-7,9,15H,3,8,10-11H2,1-2H3. The van der Waals surface area contributed by atoms with Crippen molar-refractivity contribution in [2.45, 2.75) is 26.4 Å². The van der Waals surface area contributed by atoms with Crippen LogP contribution in [-0.4, -0.2) is 23.8 Å². The quantitative estimate of drug-likeness (QED) is 0.789. The van der Waals surface area contributed by atoms with Crippen molar-refractivity contribution in [1.29, 1.82) is 0 Å². The van der Waals surface area contributed by atoms with Crippen molar-refractivity contribution >= 4 is 17.2 Å². The van der Waals surface area contributed by atoms with Crippen LogP contribution < -0.4 is 10.2 Å². The first-order valence-electron chi connectivity index (χ1n) is 6.56. The second kappa shape index (κ2) is 7.21. The lowest BCUT2D eigenvalue weighted by Gasteiger charge is -2.16. The van der Waals surface area contributed by atoms with E-state index in [-0.39, 0.29) is 0 Å². The molecule has 0 aliphatic rings. The highest BCUT2D eigenvalue weighted by Gasteiger charge is 2.05. The molecule has 0 atom stereocenters. The second-order valence-electron chi connectivity index (χ2n) is 4.50. The molecule has 0 unspecified atom stereocenters. The summed E-state index contributed by atoms with van der Waals surface area (Å²) in [6.45, 7) is 4.83. The van der Waals surface area contributed by atoms with Crippen LogP contribution in [0.3, 0.4) is 0 Å². The van der Waals surface area contributed by atoms with E-state index in [1.54, 1.807) is 11.3 Å². The SMILES string of the molecule is CCCNCc1ccc(N(C)Cc2cccs2)nn1. The molecular weight excluding hydrogens is 256 g/mol. The highest BCUT2D eigenvalue weighted by molar-refractivity contribution is 7.09. The molecule has 5 heteroatoms. The number of anilines is 1. The largest absolute Gasteiger partial charge is 0.353 e. The van der Waals surface area contributed by atoms with E-state index in [4.69, 9.17) is 0 Å². The predicted octanol–water partition coefficient (Wildman–Crippen LogP) is 2.67. The van der Waals surface area contributed by atoms with Crippen molar-refractivity contribution in [1.82, 2.24) is 15.5 Å². The van der Waals surface area contributed by atoms with E-state index >= 15 is 0 Å². The lowest BCUT2D eigenvalue weighted by molar-refractivity contribution is 0.656. The summed E-state index contributed by atoms with van der Waals surface area (Å²) in [4.78, 5) is 3.44. The zero-order valence-corrected chi connectivity index (χ0v) is 12.3. The third kappa shape index (κ3) is 4.29. The first-order chi connectivity index (χ1) is 9.29. The van der Waals surface area contributed by atoms with Gasteiger partial charge in [-0.3, -0.25) is 0 Å². The van der Waals surface area contributed by atoms with Gasteiger partial charge in [0, 0.05) is 18.5 Å². The van der Waals surface area contributed by atoms with Gasteiger partial charge in [0.2, 0.25) is 0 Å². The molecule has 0 aromatic carbocycles. The molecule has 2 heterocycles. The summed E-state index contributed by atoms with van der Waals surface area (Å²) < 4.78 is 0. The minimum Gasteiger partial charge on any atom is -0.353 e. The Hall–Kier alpha value is -1.46. The van der Waals surface area contributed by atoms with Crippen LogP contribution in [0.1, 0.15) is 23.9 Å². The molecule has 0 bridgehead atoms. The summed E-state index contributed by atoms with van der Waals surface area (Å²) in [6.07, 6.45) is 1.13. The van der Waals surface area contributed by atoms with Crippen LogP contribution in [-0.2, 0) is 13.1 Å². The van der Waals surface area contributed by atoms with Crippen molar-refractivity contribution in [3.63, 3.8) is 0 Å². The summed E-state index contributed by atoms with van der Waals surface area (Å²) in [5.74, 6) is 0.910. The van der Waals surface area contributed by atoms with Crippen LogP contribution in [0.15, 0.2) is 29.6 Å². The van der Waals surface area contributed by atoms with E-state index in [9.17, 15) is 0 Å². The minimum absolute atomic E-state index is 0.787. The first-order valence-corrected chi connectivity index (χ1v) is 7.44. The van der Waals surface area contributed by atoms with Crippen molar-refractivity contribution in [3.8, 4) is 0 Å². The van der Waals surface area contributed by atoms with Crippen molar-refractivity contribution < 1.29 is 0 Å². The molecule has 0 saturated heterocycles. The fourth-order valence-electron chi connectivity index (χ4n) is 1.76. The Balaban J connectivity index is 1.90. The Morgan fingerprint density at radius 1 is 1.26 bits per heavy atom. The van der Waals surface area contributed by atoms with Gasteiger partial charge in [-0.05, 0) is 36.5 Å². The fourth-order valence-corrected chi connectivity index (χ4v) is 2.52. The van der Waals surface area contributed by atoms with Crippen molar-refractivity contribution in [3.05, 3.63) is 40.2 Å². The van der Waals surface area contributed by atoms with Gasteiger partial charge < -0.3 is 10.2 Å². The van der Waals surface area contributed by atoms with E-state index < -0.39 is 0 Å². The first kappa shape index (κ1) is 14.0. The second-order valence-corrected chi connectivity index (χ2v) is 5.53. The number of aromatic nitrogens is 2. The minimum atomic E-state index is 0.787. The highest BCUT2D eigenvalue weighted by Crippen LogP contribution is 2.15. The van der Waals surface area contributed by atoms with Crippen molar-refractivity contribution in [2.24, 2.45) is 0 Å².